The first-order valence-electron chi connectivity index (χ1n) is 10.7. The normalized spacial score (nSPS) is 23.8. The van der Waals surface area contributed by atoms with Crippen LogP contribution in [0.1, 0.15) is 17.8 Å². The number of β-amino-alcohol motifs (C(OH)–C–C–N with tert-alkyl or cyclic N) is 1. The number of aliphatic hydroxyl groups is 1. The molecule has 29 heavy (non-hydrogen) atoms. The van der Waals surface area contributed by atoms with Crippen molar-refractivity contribution in [2.75, 3.05) is 57.3 Å². The predicted octanol–water partition coefficient (Wildman–Crippen LogP) is 2.42. The van der Waals surface area contributed by atoms with Gasteiger partial charge in [0.1, 0.15) is 0 Å². The number of rotatable bonds is 7. The van der Waals surface area contributed by atoms with E-state index in [-0.39, 0.29) is 6.10 Å². The first-order chi connectivity index (χ1) is 14.1. The molecule has 0 spiro atoms. The topological polar surface area (TPSA) is 58.6 Å². The number of likely N-dealkylation sites (tertiary alicyclic amines) is 1. The van der Waals surface area contributed by atoms with Gasteiger partial charge in [0.2, 0.25) is 0 Å². The van der Waals surface area contributed by atoms with E-state index in [1.54, 1.807) is 0 Å². The lowest BCUT2D eigenvalue weighted by Crippen LogP contribution is -2.47. The van der Waals surface area contributed by atoms with E-state index in [0.717, 1.165) is 81.6 Å². The van der Waals surface area contributed by atoms with E-state index >= 15 is 0 Å². The molecule has 0 aliphatic carbocycles. The number of nitrogens with one attached hydrogen (secondary N) is 1. The Balaban J connectivity index is 1.16. The molecule has 2 aliphatic heterocycles. The van der Waals surface area contributed by atoms with Crippen LogP contribution in [0.4, 0.5) is 5.69 Å². The minimum atomic E-state index is -0.242. The summed E-state index contributed by atoms with van der Waals surface area (Å²) in [4.78, 5) is 7.38. The lowest BCUT2D eigenvalue weighted by Gasteiger charge is -2.36. The quantitative estimate of drug-likeness (QED) is 0.724. The number of aliphatic hydroxyl groups excluding tert-OH is 1. The highest BCUT2D eigenvalue weighted by molar-refractivity contribution is 6.30. The van der Waals surface area contributed by atoms with E-state index < -0.39 is 0 Å². The van der Waals surface area contributed by atoms with E-state index in [0.29, 0.717) is 5.92 Å². The molecule has 0 radical (unpaired) electrons. The molecule has 2 N–H and O–H groups in total. The monoisotopic (exact) mass is 417 g/mol. The number of hydrogen-bond acceptors (Lipinski definition) is 5. The molecular weight excluding hydrogens is 386 g/mol. The van der Waals surface area contributed by atoms with Gasteiger partial charge >= 0.3 is 0 Å². The zero-order valence-corrected chi connectivity index (χ0v) is 18.0. The molecule has 7 heteroatoms. The Bertz CT molecular complexity index is 789. The Hall–Kier alpha value is -1.60. The number of anilines is 1. The van der Waals surface area contributed by atoms with Crippen molar-refractivity contribution >= 4 is 17.3 Å². The molecule has 4 rings (SSSR count). The summed E-state index contributed by atoms with van der Waals surface area (Å²) in [7, 11) is 0. The number of benzene rings is 1. The van der Waals surface area contributed by atoms with Crippen LogP contribution in [-0.4, -0.2) is 83.6 Å². The molecule has 0 bridgehead atoms. The van der Waals surface area contributed by atoms with Gasteiger partial charge < -0.3 is 14.9 Å². The fourth-order valence-corrected chi connectivity index (χ4v) is 4.78. The van der Waals surface area contributed by atoms with Gasteiger partial charge in [0.05, 0.1) is 11.8 Å². The summed E-state index contributed by atoms with van der Waals surface area (Å²) < 4.78 is 0. The molecule has 2 atom stereocenters. The molecule has 0 unspecified atom stereocenters. The molecule has 1 aromatic carbocycles. The maximum Gasteiger partial charge on any atom is 0.0711 e. The number of aromatic amines is 1. The van der Waals surface area contributed by atoms with Crippen molar-refractivity contribution in [1.82, 2.24) is 20.0 Å². The summed E-state index contributed by atoms with van der Waals surface area (Å²) in [5, 5.41) is 18.5. The molecule has 0 saturated carbocycles. The van der Waals surface area contributed by atoms with Crippen LogP contribution in [0.15, 0.2) is 30.3 Å². The van der Waals surface area contributed by atoms with E-state index in [1.807, 2.05) is 19.1 Å². The van der Waals surface area contributed by atoms with Crippen LogP contribution in [-0.2, 0) is 6.42 Å². The van der Waals surface area contributed by atoms with Crippen LogP contribution in [0.3, 0.4) is 0 Å². The number of H-pyrrole nitrogens is 1. The van der Waals surface area contributed by atoms with E-state index in [2.05, 4.69) is 43.1 Å². The second-order valence-corrected chi connectivity index (χ2v) is 8.93. The average molecular weight is 418 g/mol. The van der Waals surface area contributed by atoms with Crippen molar-refractivity contribution in [3.8, 4) is 0 Å². The second kappa shape index (κ2) is 9.47. The van der Waals surface area contributed by atoms with Gasteiger partial charge in [-0.05, 0) is 57.1 Å². The minimum absolute atomic E-state index is 0.242. The fourth-order valence-electron chi connectivity index (χ4n) is 4.59. The summed E-state index contributed by atoms with van der Waals surface area (Å²) >= 11 is 6.13. The van der Waals surface area contributed by atoms with Crippen molar-refractivity contribution < 1.29 is 5.11 Å². The molecule has 2 saturated heterocycles. The highest BCUT2D eigenvalue weighted by Gasteiger charge is 2.31. The maximum atomic E-state index is 10.4. The largest absolute Gasteiger partial charge is 0.391 e. The number of nitrogens with zero attached hydrogens (tertiary/aromatic N) is 4. The lowest BCUT2D eigenvalue weighted by atomic mass is 10.0. The molecule has 1 aromatic heterocycles. The zero-order valence-electron chi connectivity index (χ0n) is 17.2. The van der Waals surface area contributed by atoms with E-state index in [4.69, 9.17) is 11.6 Å². The third kappa shape index (κ3) is 5.51. The van der Waals surface area contributed by atoms with Gasteiger partial charge in [0.15, 0.2) is 0 Å². The summed E-state index contributed by atoms with van der Waals surface area (Å²) in [6, 6.07) is 10.2. The van der Waals surface area contributed by atoms with Gasteiger partial charge in [-0.25, -0.2) is 0 Å². The maximum absolute atomic E-state index is 10.4. The van der Waals surface area contributed by atoms with Crippen LogP contribution in [0, 0.1) is 12.8 Å². The lowest BCUT2D eigenvalue weighted by molar-refractivity contribution is 0.140. The highest BCUT2D eigenvalue weighted by atomic mass is 35.5. The predicted molar refractivity (Wildman–Crippen MR) is 118 cm³/mol. The SMILES string of the molecule is Cc1cc(C[C@@H]2CN(CCCN3CCN(c4cccc(Cl)c4)CC3)C[C@H]2O)n[nH]1. The van der Waals surface area contributed by atoms with Crippen molar-refractivity contribution in [3.05, 3.63) is 46.7 Å². The van der Waals surface area contributed by atoms with Gasteiger partial charge in [-0.15, -0.1) is 0 Å². The van der Waals surface area contributed by atoms with Crippen LogP contribution in [0.5, 0.6) is 0 Å². The Labute approximate surface area is 178 Å². The third-order valence-corrected chi connectivity index (χ3v) is 6.44. The summed E-state index contributed by atoms with van der Waals surface area (Å²) in [5.74, 6) is 0.291. The van der Waals surface area contributed by atoms with Crippen LogP contribution >= 0.6 is 11.6 Å². The third-order valence-electron chi connectivity index (χ3n) is 6.21. The molecule has 2 fully saturated rings. The molecule has 158 valence electrons. The van der Waals surface area contributed by atoms with E-state index in [9.17, 15) is 5.11 Å². The van der Waals surface area contributed by atoms with Gasteiger partial charge in [0, 0.05) is 61.6 Å². The summed E-state index contributed by atoms with van der Waals surface area (Å²) in [6.45, 7) is 10.2. The summed E-state index contributed by atoms with van der Waals surface area (Å²) in [6.07, 6.45) is 1.76. The average Bonchev–Trinajstić information content (AvgIpc) is 3.28. The minimum Gasteiger partial charge on any atom is -0.391 e. The van der Waals surface area contributed by atoms with E-state index in [1.165, 1.54) is 5.69 Å². The van der Waals surface area contributed by atoms with Gasteiger partial charge in [-0.1, -0.05) is 17.7 Å². The fraction of sp³-hybridized carbons (Fsp3) is 0.591. The second-order valence-electron chi connectivity index (χ2n) is 8.50. The van der Waals surface area contributed by atoms with Crippen molar-refractivity contribution in [2.24, 2.45) is 5.92 Å². The van der Waals surface area contributed by atoms with Gasteiger partial charge in [-0.3, -0.25) is 10.00 Å². The first-order valence-corrected chi connectivity index (χ1v) is 11.1. The standard InChI is InChI=1S/C22H32ClN5O/c1-17-12-20(25-24-17)13-18-15-27(16-22(18)29)7-3-6-26-8-10-28(11-9-26)21-5-2-4-19(23)14-21/h2,4-5,12,14,18,22,29H,3,6-11,13,15-16H2,1H3,(H,24,25)/t18-,22-/m1/s1. The van der Waals surface area contributed by atoms with Crippen LogP contribution < -0.4 is 4.90 Å². The molecular formula is C22H32ClN5O. The smallest absolute Gasteiger partial charge is 0.0711 e. The number of piperazine rings is 1. The van der Waals surface area contributed by atoms with Crippen LogP contribution in [0.25, 0.3) is 0 Å². The molecule has 0 amide bonds. The zero-order chi connectivity index (χ0) is 20.2. The molecule has 2 aliphatic rings. The van der Waals surface area contributed by atoms with Gasteiger partial charge in [-0.2, -0.15) is 5.10 Å². The summed E-state index contributed by atoms with van der Waals surface area (Å²) in [5.41, 5.74) is 3.37. The molecule has 3 heterocycles. The Morgan fingerprint density at radius 3 is 2.62 bits per heavy atom. The Morgan fingerprint density at radius 1 is 1.10 bits per heavy atom. The van der Waals surface area contributed by atoms with Crippen molar-refractivity contribution in [3.63, 3.8) is 0 Å². The van der Waals surface area contributed by atoms with Crippen molar-refractivity contribution in [1.29, 1.82) is 0 Å². The van der Waals surface area contributed by atoms with Crippen LogP contribution in [0.2, 0.25) is 5.02 Å². The number of aromatic nitrogens is 2. The van der Waals surface area contributed by atoms with Crippen molar-refractivity contribution in [2.45, 2.75) is 25.9 Å². The number of halogens is 1. The number of aryl methyl sites for hydroxylation is 1. The Morgan fingerprint density at radius 2 is 1.90 bits per heavy atom. The first kappa shape index (κ1) is 20.7. The molecule has 2 aromatic rings. The number of hydrogen-bond donors (Lipinski definition) is 2. The van der Waals surface area contributed by atoms with Gasteiger partial charge in [0.25, 0.3) is 0 Å². The molecule has 6 nitrogen and oxygen atoms in total. The highest BCUT2D eigenvalue weighted by Crippen LogP contribution is 2.22. The Kier molecular flexibility index (Phi) is 6.75.